The van der Waals surface area contributed by atoms with Crippen molar-refractivity contribution >= 4 is 0 Å². The zero-order valence-electron chi connectivity index (χ0n) is 17.5. The van der Waals surface area contributed by atoms with Crippen LogP contribution in [0, 0.1) is 0 Å². The molecule has 1 heterocycles. The van der Waals surface area contributed by atoms with Crippen LogP contribution in [0.3, 0.4) is 0 Å². The number of aliphatic hydroxyl groups is 1. The molecule has 1 aliphatic heterocycles. The summed E-state index contributed by atoms with van der Waals surface area (Å²) in [5.74, 6) is 0. The summed E-state index contributed by atoms with van der Waals surface area (Å²) in [6.45, 7) is 4.11. The van der Waals surface area contributed by atoms with Gasteiger partial charge in [0, 0.05) is 0 Å². The Labute approximate surface area is 184 Å². The Morgan fingerprint density at radius 1 is 0.806 bits per heavy atom. The van der Waals surface area contributed by atoms with Crippen LogP contribution in [-0.2, 0) is 15.1 Å². The van der Waals surface area contributed by atoms with Crippen molar-refractivity contribution in [1.82, 2.24) is 0 Å². The Balaban J connectivity index is 1.74. The van der Waals surface area contributed by atoms with Crippen molar-refractivity contribution in [3.8, 4) is 0 Å². The summed E-state index contributed by atoms with van der Waals surface area (Å²) in [6, 6.07) is 30.8. The summed E-state index contributed by atoms with van der Waals surface area (Å²) in [4.78, 5) is 0. The molecule has 0 saturated heterocycles. The number of ether oxygens (including phenoxy) is 2. The number of rotatable bonds is 8. The average Bonchev–Trinajstić information content (AvgIpc) is 2.84. The van der Waals surface area contributed by atoms with E-state index in [0.29, 0.717) is 13.0 Å². The van der Waals surface area contributed by atoms with Crippen molar-refractivity contribution in [2.75, 3.05) is 6.61 Å². The van der Waals surface area contributed by atoms with E-state index in [9.17, 15) is 5.11 Å². The van der Waals surface area contributed by atoms with Gasteiger partial charge in [0.1, 0.15) is 5.60 Å². The molecule has 3 aromatic carbocycles. The van der Waals surface area contributed by atoms with Gasteiger partial charge < -0.3 is 14.6 Å². The van der Waals surface area contributed by atoms with Crippen LogP contribution in [0.25, 0.3) is 0 Å². The molecular weight excluding hydrogens is 384 g/mol. The number of hydrogen-bond donors (Lipinski definition) is 1. The van der Waals surface area contributed by atoms with Crippen molar-refractivity contribution in [2.24, 2.45) is 0 Å². The van der Waals surface area contributed by atoms with E-state index in [-0.39, 0.29) is 12.2 Å². The van der Waals surface area contributed by atoms with Crippen molar-refractivity contribution in [3.63, 3.8) is 0 Å². The molecule has 0 bridgehead atoms. The van der Waals surface area contributed by atoms with Crippen molar-refractivity contribution in [3.05, 3.63) is 132 Å². The van der Waals surface area contributed by atoms with Crippen LogP contribution in [0.5, 0.6) is 0 Å². The van der Waals surface area contributed by atoms with Gasteiger partial charge in [0.2, 0.25) is 0 Å². The molecule has 0 fully saturated rings. The first-order valence-corrected chi connectivity index (χ1v) is 10.7. The molecule has 0 amide bonds. The van der Waals surface area contributed by atoms with E-state index in [0.717, 1.165) is 16.7 Å². The molecule has 0 aromatic heterocycles. The highest BCUT2D eigenvalue weighted by Gasteiger charge is 2.38. The van der Waals surface area contributed by atoms with E-state index in [4.69, 9.17) is 9.47 Å². The first-order chi connectivity index (χ1) is 15.2. The molecule has 0 spiro atoms. The molecule has 0 aliphatic carbocycles. The van der Waals surface area contributed by atoms with E-state index in [2.05, 4.69) is 43.0 Å². The molecule has 3 atom stereocenters. The summed E-state index contributed by atoms with van der Waals surface area (Å²) in [7, 11) is 0. The maximum Gasteiger partial charge on any atom is 0.143 e. The second-order valence-corrected chi connectivity index (χ2v) is 7.70. The van der Waals surface area contributed by atoms with Crippen LogP contribution in [0.15, 0.2) is 116 Å². The van der Waals surface area contributed by atoms with Gasteiger partial charge in [-0.3, -0.25) is 0 Å². The molecule has 0 saturated carbocycles. The number of benzene rings is 3. The zero-order valence-corrected chi connectivity index (χ0v) is 17.5. The number of hydrogen-bond acceptors (Lipinski definition) is 3. The summed E-state index contributed by atoms with van der Waals surface area (Å²) in [5, 5.41) is 10.2. The Kier molecular flexibility index (Phi) is 6.78. The highest BCUT2D eigenvalue weighted by molar-refractivity contribution is 5.47. The van der Waals surface area contributed by atoms with Crippen LogP contribution in [0.4, 0.5) is 0 Å². The van der Waals surface area contributed by atoms with Crippen LogP contribution in [0.2, 0.25) is 0 Å². The Morgan fingerprint density at radius 3 is 1.74 bits per heavy atom. The van der Waals surface area contributed by atoms with E-state index < -0.39 is 11.7 Å². The molecular formula is C28H28O3. The van der Waals surface area contributed by atoms with Gasteiger partial charge in [-0.1, -0.05) is 109 Å². The van der Waals surface area contributed by atoms with Gasteiger partial charge in [-0.25, -0.2) is 0 Å². The third kappa shape index (κ3) is 4.54. The molecule has 3 aromatic rings. The van der Waals surface area contributed by atoms with Gasteiger partial charge in [0.25, 0.3) is 0 Å². The fourth-order valence-corrected chi connectivity index (χ4v) is 4.14. The summed E-state index contributed by atoms with van der Waals surface area (Å²) < 4.78 is 12.9. The molecule has 0 unspecified atom stereocenters. The molecule has 158 valence electrons. The zero-order chi connectivity index (χ0) is 21.5. The quantitative estimate of drug-likeness (QED) is 0.405. The first-order valence-electron chi connectivity index (χ1n) is 10.7. The van der Waals surface area contributed by atoms with Gasteiger partial charge in [0.15, 0.2) is 0 Å². The maximum absolute atomic E-state index is 10.2. The smallest absolute Gasteiger partial charge is 0.143 e. The molecule has 31 heavy (non-hydrogen) atoms. The standard InChI is InChI=1S/C28H28O3/c1-2-12-27-26(29)20-19-25(31-27)21-30-28(22-13-6-3-7-14-22,23-15-8-4-9-16-23)24-17-10-5-11-18-24/h2-11,13-20,25-27,29H,1,12,21H2/t25-,26+,27+/m0/s1. The highest BCUT2D eigenvalue weighted by Crippen LogP contribution is 2.40. The summed E-state index contributed by atoms with van der Waals surface area (Å²) >= 11 is 0. The lowest BCUT2D eigenvalue weighted by Crippen LogP contribution is -2.40. The van der Waals surface area contributed by atoms with Crippen LogP contribution in [-0.4, -0.2) is 30.0 Å². The molecule has 3 nitrogen and oxygen atoms in total. The van der Waals surface area contributed by atoms with E-state index >= 15 is 0 Å². The van der Waals surface area contributed by atoms with Crippen molar-refractivity contribution in [2.45, 2.75) is 30.3 Å². The minimum atomic E-state index is -0.787. The fraction of sp³-hybridized carbons (Fsp3) is 0.214. The van der Waals surface area contributed by atoms with Gasteiger partial charge in [0.05, 0.1) is 24.9 Å². The van der Waals surface area contributed by atoms with Gasteiger partial charge in [-0.15, -0.1) is 6.58 Å². The first kappa shape index (κ1) is 21.3. The van der Waals surface area contributed by atoms with Crippen LogP contribution < -0.4 is 0 Å². The van der Waals surface area contributed by atoms with Crippen molar-refractivity contribution < 1.29 is 14.6 Å². The predicted molar refractivity (Wildman–Crippen MR) is 124 cm³/mol. The second-order valence-electron chi connectivity index (χ2n) is 7.70. The topological polar surface area (TPSA) is 38.7 Å². The second kappa shape index (κ2) is 9.88. The molecule has 0 radical (unpaired) electrons. The van der Waals surface area contributed by atoms with Gasteiger partial charge in [-0.05, 0) is 23.1 Å². The van der Waals surface area contributed by atoms with E-state index in [1.165, 1.54) is 0 Å². The Hall–Kier alpha value is -2.98. The van der Waals surface area contributed by atoms with E-state index in [1.54, 1.807) is 12.2 Å². The Bertz CT molecular complexity index is 886. The third-order valence-corrected chi connectivity index (χ3v) is 5.66. The Morgan fingerprint density at radius 2 is 1.29 bits per heavy atom. The lowest BCUT2D eigenvalue weighted by atomic mass is 9.80. The minimum Gasteiger partial charge on any atom is -0.386 e. The third-order valence-electron chi connectivity index (χ3n) is 5.66. The monoisotopic (exact) mass is 412 g/mol. The van der Waals surface area contributed by atoms with Crippen molar-refractivity contribution in [1.29, 1.82) is 0 Å². The summed E-state index contributed by atoms with van der Waals surface area (Å²) in [5.41, 5.74) is 2.37. The van der Waals surface area contributed by atoms with Crippen LogP contribution in [0.1, 0.15) is 23.1 Å². The molecule has 1 N–H and O–H groups in total. The predicted octanol–water partition coefficient (Wildman–Crippen LogP) is 5.26. The average molecular weight is 413 g/mol. The lowest BCUT2D eigenvalue weighted by Gasteiger charge is -2.38. The maximum atomic E-state index is 10.2. The highest BCUT2D eigenvalue weighted by atomic mass is 16.6. The lowest BCUT2D eigenvalue weighted by molar-refractivity contribution is -0.101. The fourth-order valence-electron chi connectivity index (χ4n) is 4.14. The van der Waals surface area contributed by atoms with Crippen LogP contribution >= 0.6 is 0 Å². The molecule has 1 aliphatic rings. The normalized spacial score (nSPS) is 21.0. The number of aliphatic hydroxyl groups excluding tert-OH is 1. The molecule has 3 heteroatoms. The molecule has 4 rings (SSSR count). The minimum absolute atomic E-state index is 0.260. The van der Waals surface area contributed by atoms with Gasteiger partial charge >= 0.3 is 0 Å². The summed E-state index contributed by atoms with van der Waals surface area (Å²) in [6.07, 6.45) is 4.84. The van der Waals surface area contributed by atoms with E-state index in [1.807, 2.05) is 60.7 Å². The largest absolute Gasteiger partial charge is 0.386 e. The SMILES string of the molecule is C=CC[C@H]1O[C@H](COC(c2ccccc2)(c2ccccc2)c2ccccc2)C=C[C@H]1O. The van der Waals surface area contributed by atoms with Gasteiger partial charge in [-0.2, -0.15) is 0 Å².